The van der Waals surface area contributed by atoms with Crippen molar-refractivity contribution in [2.45, 2.75) is 6.04 Å². The first-order valence-corrected chi connectivity index (χ1v) is 5.56. The maximum absolute atomic E-state index is 11.0. The van der Waals surface area contributed by atoms with Crippen LogP contribution in [0.2, 0.25) is 0 Å². The summed E-state index contributed by atoms with van der Waals surface area (Å²) in [5.41, 5.74) is 5.65. The van der Waals surface area contributed by atoms with Crippen molar-refractivity contribution in [1.29, 1.82) is 0 Å². The van der Waals surface area contributed by atoms with Gasteiger partial charge in [0.15, 0.2) is 0 Å². The van der Waals surface area contributed by atoms with E-state index in [0.717, 1.165) is 13.2 Å². The number of nitrogens with two attached hydrogens (primary N) is 1. The van der Waals surface area contributed by atoms with Crippen LogP contribution in [0, 0.1) is 0 Å². The molecule has 0 radical (unpaired) electrons. The number of primary amides is 1. The van der Waals surface area contributed by atoms with Crippen LogP contribution >= 0.6 is 0 Å². The number of nitrogens with zero attached hydrogens (tertiary/aromatic N) is 1. The molecule has 92 valence electrons. The Bertz CT molecular complexity index is 391. The molecule has 1 atom stereocenters. The smallest absolute Gasteiger partial charge is 0.248 e. The van der Waals surface area contributed by atoms with Crippen molar-refractivity contribution in [1.82, 2.24) is 10.3 Å². The Morgan fingerprint density at radius 2 is 2.59 bits per heavy atom. The van der Waals surface area contributed by atoms with Crippen LogP contribution in [-0.4, -0.2) is 43.2 Å². The Hall–Kier alpha value is -1.66. The number of rotatable bonds is 4. The number of morpholine rings is 1. The Morgan fingerprint density at radius 3 is 3.29 bits per heavy atom. The highest BCUT2D eigenvalue weighted by atomic mass is 16.5. The molecule has 0 bridgehead atoms. The highest BCUT2D eigenvalue weighted by molar-refractivity contribution is 5.93. The van der Waals surface area contributed by atoms with Crippen molar-refractivity contribution in [3.63, 3.8) is 0 Å². The number of nitrogens with one attached hydrogen (secondary N) is 2. The van der Waals surface area contributed by atoms with E-state index < -0.39 is 5.91 Å². The van der Waals surface area contributed by atoms with Gasteiger partial charge in [-0.15, -0.1) is 0 Å². The van der Waals surface area contributed by atoms with E-state index in [-0.39, 0.29) is 6.04 Å². The van der Waals surface area contributed by atoms with E-state index in [9.17, 15) is 4.79 Å². The monoisotopic (exact) mass is 236 g/mol. The molecule has 1 unspecified atom stereocenters. The molecule has 1 saturated heterocycles. The van der Waals surface area contributed by atoms with Crippen LogP contribution in [0.25, 0.3) is 0 Å². The minimum absolute atomic E-state index is 0.266. The Labute approximate surface area is 99.5 Å². The van der Waals surface area contributed by atoms with Crippen LogP contribution in [0.15, 0.2) is 18.3 Å². The number of ether oxygens (including phenoxy) is 1. The fraction of sp³-hybridized carbons (Fsp3) is 0.455. The topological polar surface area (TPSA) is 89.3 Å². The number of carbonyl (C=O) groups is 1. The number of aromatic nitrogens is 1. The first-order valence-electron chi connectivity index (χ1n) is 5.56. The van der Waals surface area contributed by atoms with E-state index >= 15 is 0 Å². The molecule has 0 aliphatic carbocycles. The van der Waals surface area contributed by atoms with Crippen LogP contribution in [0.4, 0.5) is 5.82 Å². The number of anilines is 1. The predicted molar refractivity (Wildman–Crippen MR) is 63.9 cm³/mol. The molecule has 4 N–H and O–H groups in total. The summed E-state index contributed by atoms with van der Waals surface area (Å²) < 4.78 is 5.34. The fourth-order valence-corrected chi connectivity index (χ4v) is 1.66. The number of carbonyl (C=O) groups excluding carboxylic acids is 1. The molecule has 6 heteroatoms. The predicted octanol–water partition coefficient (Wildman–Crippen LogP) is -0.419. The van der Waals surface area contributed by atoms with Crippen LogP contribution < -0.4 is 16.4 Å². The average Bonchev–Trinajstić information content (AvgIpc) is 2.38. The quantitative estimate of drug-likeness (QED) is 0.660. The second-order valence-electron chi connectivity index (χ2n) is 3.90. The number of amides is 1. The highest BCUT2D eigenvalue weighted by Crippen LogP contribution is 2.06. The third-order valence-electron chi connectivity index (χ3n) is 2.57. The lowest BCUT2D eigenvalue weighted by Crippen LogP contribution is -2.45. The fourth-order valence-electron chi connectivity index (χ4n) is 1.66. The van der Waals surface area contributed by atoms with Crippen LogP contribution in [0.5, 0.6) is 0 Å². The van der Waals surface area contributed by atoms with Crippen molar-refractivity contribution >= 4 is 11.7 Å². The molecule has 1 amide bonds. The van der Waals surface area contributed by atoms with Gasteiger partial charge in [-0.25, -0.2) is 4.98 Å². The molecule has 0 spiro atoms. The van der Waals surface area contributed by atoms with Gasteiger partial charge >= 0.3 is 0 Å². The van der Waals surface area contributed by atoms with Crippen molar-refractivity contribution in [2.24, 2.45) is 5.73 Å². The maximum Gasteiger partial charge on any atom is 0.248 e. The van der Waals surface area contributed by atoms with Crippen molar-refractivity contribution in [2.75, 3.05) is 31.6 Å². The zero-order valence-electron chi connectivity index (χ0n) is 9.48. The molecule has 0 aromatic carbocycles. The third-order valence-corrected chi connectivity index (χ3v) is 2.57. The number of hydrogen-bond acceptors (Lipinski definition) is 5. The SMILES string of the molecule is NC(=O)c1ccnc(NCC2COCCN2)c1. The van der Waals surface area contributed by atoms with E-state index in [1.54, 1.807) is 18.3 Å². The first kappa shape index (κ1) is 11.8. The van der Waals surface area contributed by atoms with Gasteiger partial charge in [0.2, 0.25) is 5.91 Å². The third kappa shape index (κ3) is 3.40. The van der Waals surface area contributed by atoms with Gasteiger partial charge in [-0.2, -0.15) is 0 Å². The second kappa shape index (κ2) is 5.60. The van der Waals surface area contributed by atoms with Crippen molar-refractivity contribution < 1.29 is 9.53 Å². The van der Waals surface area contributed by atoms with Crippen molar-refractivity contribution in [3.8, 4) is 0 Å². The van der Waals surface area contributed by atoms with E-state index in [1.807, 2.05) is 0 Å². The molecule has 1 aromatic heterocycles. The Kier molecular flexibility index (Phi) is 3.89. The standard InChI is InChI=1S/C11H16N4O2/c12-11(16)8-1-2-14-10(5-8)15-6-9-7-17-4-3-13-9/h1-2,5,9,13H,3-4,6-7H2,(H2,12,16)(H,14,15). The molecular formula is C11H16N4O2. The van der Waals surface area contributed by atoms with Crippen LogP contribution in [0.1, 0.15) is 10.4 Å². The number of pyridine rings is 1. The zero-order chi connectivity index (χ0) is 12.1. The number of hydrogen-bond donors (Lipinski definition) is 3. The zero-order valence-corrected chi connectivity index (χ0v) is 9.48. The van der Waals surface area contributed by atoms with Crippen molar-refractivity contribution in [3.05, 3.63) is 23.9 Å². The first-order chi connectivity index (χ1) is 8.25. The van der Waals surface area contributed by atoms with Gasteiger partial charge in [0, 0.05) is 30.9 Å². The van der Waals surface area contributed by atoms with E-state index in [0.29, 0.717) is 24.5 Å². The summed E-state index contributed by atoms with van der Waals surface area (Å²) in [6, 6.07) is 3.50. The Balaban J connectivity index is 1.89. The molecule has 2 rings (SSSR count). The maximum atomic E-state index is 11.0. The largest absolute Gasteiger partial charge is 0.378 e. The molecule has 0 saturated carbocycles. The second-order valence-corrected chi connectivity index (χ2v) is 3.90. The lowest BCUT2D eigenvalue weighted by molar-refractivity contribution is 0.0806. The Morgan fingerprint density at radius 1 is 1.71 bits per heavy atom. The summed E-state index contributed by atoms with van der Waals surface area (Å²) in [7, 11) is 0. The average molecular weight is 236 g/mol. The summed E-state index contributed by atoms with van der Waals surface area (Å²) in [4.78, 5) is 15.1. The molecular weight excluding hydrogens is 220 g/mol. The molecule has 6 nitrogen and oxygen atoms in total. The molecule has 2 heterocycles. The summed E-state index contributed by atoms with van der Waals surface area (Å²) >= 11 is 0. The van der Waals surface area contributed by atoms with Gasteiger partial charge in [0.25, 0.3) is 0 Å². The van der Waals surface area contributed by atoms with E-state index in [2.05, 4.69) is 15.6 Å². The van der Waals surface area contributed by atoms with Gasteiger partial charge < -0.3 is 21.1 Å². The summed E-state index contributed by atoms with van der Waals surface area (Å²) in [6.07, 6.45) is 1.56. The summed E-state index contributed by atoms with van der Waals surface area (Å²) in [5.74, 6) is 0.197. The summed E-state index contributed by atoms with van der Waals surface area (Å²) in [5, 5.41) is 6.47. The van der Waals surface area contributed by atoms with Gasteiger partial charge in [-0.3, -0.25) is 4.79 Å². The highest BCUT2D eigenvalue weighted by Gasteiger charge is 2.12. The van der Waals surface area contributed by atoms with Gasteiger partial charge in [-0.1, -0.05) is 0 Å². The molecule has 1 fully saturated rings. The lowest BCUT2D eigenvalue weighted by atomic mass is 10.2. The summed E-state index contributed by atoms with van der Waals surface area (Å²) in [6.45, 7) is 3.00. The lowest BCUT2D eigenvalue weighted by Gasteiger charge is -2.24. The normalized spacial score (nSPS) is 19.9. The van der Waals surface area contributed by atoms with Gasteiger partial charge in [-0.05, 0) is 12.1 Å². The van der Waals surface area contributed by atoms with E-state index in [1.165, 1.54) is 0 Å². The molecule has 1 aliphatic heterocycles. The molecule has 1 aliphatic rings. The molecule has 1 aromatic rings. The van der Waals surface area contributed by atoms with Crippen LogP contribution in [-0.2, 0) is 4.74 Å². The minimum Gasteiger partial charge on any atom is -0.378 e. The van der Waals surface area contributed by atoms with Gasteiger partial charge in [0.05, 0.1) is 13.2 Å². The molecule has 17 heavy (non-hydrogen) atoms. The van der Waals surface area contributed by atoms with Gasteiger partial charge in [0.1, 0.15) is 5.82 Å². The van der Waals surface area contributed by atoms with E-state index in [4.69, 9.17) is 10.5 Å². The van der Waals surface area contributed by atoms with Crippen LogP contribution in [0.3, 0.4) is 0 Å². The minimum atomic E-state index is -0.449.